The molecule has 320 valence electrons. The molecule has 8 unspecified atom stereocenters. The molecule has 52 heavy (non-hydrogen) atoms. The van der Waals surface area contributed by atoms with Crippen molar-refractivity contribution in [2.75, 3.05) is 0 Å². The summed E-state index contributed by atoms with van der Waals surface area (Å²) in [4.78, 5) is 0. The number of hydrogen-bond acceptors (Lipinski definition) is 0. The molecule has 0 saturated heterocycles. The van der Waals surface area contributed by atoms with Gasteiger partial charge in [-0.1, -0.05) is 241 Å². The van der Waals surface area contributed by atoms with Gasteiger partial charge in [-0.15, -0.1) is 0 Å². The normalized spacial score (nSPS) is 33.9. The highest BCUT2D eigenvalue weighted by Crippen LogP contribution is 2.46. The van der Waals surface area contributed by atoms with Crippen LogP contribution in [0.4, 0.5) is 0 Å². The maximum absolute atomic E-state index is 2.47. The minimum Gasteiger partial charge on any atom is -0.0776 e. The van der Waals surface area contributed by atoms with Gasteiger partial charge < -0.3 is 0 Å². The molecular formula is C52H112. The van der Waals surface area contributed by atoms with Crippen LogP contribution in [0.25, 0.3) is 0 Å². The SMILES string of the molecule is C.C.C.C.C.C.C.C.CC1CCCC1C1CCCC1.CC1CCCC1C1CCCC1.CC1CCCC1C1CCCC1.CC1CCCC1C1CCCC1. The lowest BCUT2D eigenvalue weighted by molar-refractivity contribution is 0.280. The molecule has 8 rings (SSSR count). The van der Waals surface area contributed by atoms with E-state index in [4.69, 9.17) is 0 Å². The molecular weight excluding hydrogens is 625 g/mol. The van der Waals surface area contributed by atoms with E-state index < -0.39 is 0 Å². The van der Waals surface area contributed by atoms with Crippen LogP contribution in [0.5, 0.6) is 0 Å². The third-order valence-corrected chi connectivity index (χ3v) is 15.7. The maximum atomic E-state index is 2.47. The van der Waals surface area contributed by atoms with Crippen molar-refractivity contribution in [1.29, 1.82) is 0 Å². The summed E-state index contributed by atoms with van der Waals surface area (Å²) < 4.78 is 0. The lowest BCUT2D eigenvalue weighted by Crippen LogP contribution is -2.13. The van der Waals surface area contributed by atoms with Crippen molar-refractivity contribution in [3.63, 3.8) is 0 Å². The predicted octanol–water partition coefficient (Wildman–Crippen LogP) is 19.5. The van der Waals surface area contributed by atoms with Crippen LogP contribution in [-0.2, 0) is 0 Å². The minimum absolute atomic E-state index is 0. The molecule has 0 bridgehead atoms. The van der Waals surface area contributed by atoms with Crippen LogP contribution in [0.2, 0.25) is 0 Å². The molecule has 0 N–H and O–H groups in total. The van der Waals surface area contributed by atoms with Gasteiger partial charge in [-0.3, -0.25) is 0 Å². The smallest absolute Gasteiger partial charge is 0.0360 e. The number of rotatable bonds is 4. The van der Waals surface area contributed by atoms with Crippen LogP contribution in [-0.4, -0.2) is 0 Å². The van der Waals surface area contributed by atoms with Gasteiger partial charge in [-0.2, -0.15) is 0 Å². The van der Waals surface area contributed by atoms with Gasteiger partial charge in [0.05, 0.1) is 0 Å². The van der Waals surface area contributed by atoms with Gasteiger partial charge in [0.25, 0.3) is 0 Å². The van der Waals surface area contributed by atoms with E-state index in [0.717, 1.165) is 71.0 Å². The van der Waals surface area contributed by atoms with Gasteiger partial charge >= 0.3 is 0 Å². The quantitative estimate of drug-likeness (QED) is 0.270. The minimum atomic E-state index is 0. The summed E-state index contributed by atoms with van der Waals surface area (Å²) in [5.41, 5.74) is 0. The summed E-state index contributed by atoms with van der Waals surface area (Å²) in [6, 6.07) is 0. The highest BCUT2D eigenvalue weighted by Gasteiger charge is 2.34. The van der Waals surface area contributed by atoms with Gasteiger partial charge in [0.1, 0.15) is 0 Å². The zero-order valence-electron chi connectivity index (χ0n) is 30.7. The molecule has 0 nitrogen and oxygen atoms in total. The first-order valence-corrected chi connectivity index (χ1v) is 21.5. The lowest BCUT2D eigenvalue weighted by atomic mass is 9.84. The standard InChI is InChI=1S/4C11H20.8CH4/c4*1-9-5-4-8-11(9)10-6-2-3-7-10;;;;;;;;/h4*9-11H,2-8H2,1H3;8*1H4. The summed E-state index contributed by atoms with van der Waals surface area (Å²) in [6.45, 7) is 9.87. The first kappa shape index (κ1) is 58.7. The average molecular weight is 737 g/mol. The van der Waals surface area contributed by atoms with Gasteiger partial charge in [-0.25, -0.2) is 0 Å². The second-order valence-electron chi connectivity index (χ2n) is 18.5. The topological polar surface area (TPSA) is 0 Å². The van der Waals surface area contributed by atoms with Crippen molar-refractivity contribution >= 4 is 0 Å². The molecule has 0 heteroatoms. The molecule has 0 amide bonds. The Kier molecular flexibility index (Phi) is 35.1. The lowest BCUT2D eigenvalue weighted by Gasteiger charge is -2.22. The molecule has 8 fully saturated rings. The molecule has 0 radical (unpaired) electrons. The zero-order valence-corrected chi connectivity index (χ0v) is 30.7. The van der Waals surface area contributed by atoms with E-state index in [1.807, 2.05) is 0 Å². The molecule has 8 saturated carbocycles. The zero-order chi connectivity index (χ0) is 30.7. The van der Waals surface area contributed by atoms with E-state index in [1.54, 1.807) is 77.0 Å². The van der Waals surface area contributed by atoms with Crippen molar-refractivity contribution < 1.29 is 0 Å². The van der Waals surface area contributed by atoms with Crippen molar-refractivity contribution in [1.82, 2.24) is 0 Å². The van der Waals surface area contributed by atoms with E-state index in [0.29, 0.717) is 0 Å². The van der Waals surface area contributed by atoms with Crippen LogP contribution in [0.1, 0.15) is 267 Å². The molecule has 0 aromatic carbocycles. The molecule has 0 heterocycles. The van der Waals surface area contributed by atoms with E-state index in [1.165, 1.54) is 103 Å². The Labute approximate surface area is 336 Å². The second kappa shape index (κ2) is 31.1. The molecule has 8 aliphatic carbocycles. The van der Waals surface area contributed by atoms with E-state index in [9.17, 15) is 0 Å². The fourth-order valence-corrected chi connectivity index (χ4v) is 13.0. The summed E-state index contributed by atoms with van der Waals surface area (Å²) >= 11 is 0. The van der Waals surface area contributed by atoms with Gasteiger partial charge in [0, 0.05) is 0 Å². The molecule has 0 aromatic heterocycles. The summed E-state index contributed by atoms with van der Waals surface area (Å²) in [5, 5.41) is 0. The predicted molar refractivity (Wildman–Crippen MR) is 248 cm³/mol. The summed E-state index contributed by atoms with van der Waals surface area (Å²) in [7, 11) is 0. The summed E-state index contributed by atoms with van der Waals surface area (Å²) in [5.74, 6) is 13.2. The maximum Gasteiger partial charge on any atom is -0.0360 e. The monoisotopic (exact) mass is 737 g/mol. The van der Waals surface area contributed by atoms with Crippen LogP contribution in [0.15, 0.2) is 0 Å². The Balaban J connectivity index is -0.000000281. The number of hydrogen-bond donors (Lipinski definition) is 0. The third-order valence-electron chi connectivity index (χ3n) is 15.7. The van der Waals surface area contributed by atoms with E-state index >= 15 is 0 Å². The second-order valence-corrected chi connectivity index (χ2v) is 18.5. The van der Waals surface area contributed by atoms with Crippen molar-refractivity contribution in [3.05, 3.63) is 0 Å². The van der Waals surface area contributed by atoms with Crippen LogP contribution < -0.4 is 0 Å². The highest BCUT2D eigenvalue weighted by atomic mass is 14.4. The summed E-state index contributed by atoms with van der Waals surface area (Å²) in [6.07, 6.45) is 42.9. The van der Waals surface area contributed by atoms with Gasteiger partial charge in [0.2, 0.25) is 0 Å². The first-order valence-electron chi connectivity index (χ1n) is 21.5. The average Bonchev–Trinajstić information content (AvgIpc) is 3.86. The van der Waals surface area contributed by atoms with E-state index in [2.05, 4.69) is 27.7 Å². The Bertz CT molecular complexity index is 616. The van der Waals surface area contributed by atoms with Crippen molar-refractivity contribution in [2.24, 2.45) is 71.0 Å². The van der Waals surface area contributed by atoms with Gasteiger partial charge in [0.15, 0.2) is 0 Å². The third kappa shape index (κ3) is 17.0. The fraction of sp³-hybridized carbons (Fsp3) is 1.00. The molecule has 0 spiro atoms. The Morgan fingerprint density at radius 3 is 0.462 bits per heavy atom. The Morgan fingerprint density at radius 2 is 0.346 bits per heavy atom. The van der Waals surface area contributed by atoms with Gasteiger partial charge in [-0.05, 0) is 96.7 Å². The molecule has 8 atom stereocenters. The van der Waals surface area contributed by atoms with Crippen LogP contribution in [0.3, 0.4) is 0 Å². The fourth-order valence-electron chi connectivity index (χ4n) is 13.0. The molecule has 0 aliphatic heterocycles. The van der Waals surface area contributed by atoms with Crippen molar-refractivity contribution in [3.8, 4) is 0 Å². The Morgan fingerprint density at radius 1 is 0.192 bits per heavy atom. The Hall–Kier alpha value is 0. The largest absolute Gasteiger partial charge is 0.0776 e. The van der Waals surface area contributed by atoms with Crippen LogP contribution >= 0.6 is 0 Å². The molecule has 8 aliphatic rings. The highest BCUT2D eigenvalue weighted by molar-refractivity contribution is 4.86. The van der Waals surface area contributed by atoms with E-state index in [-0.39, 0.29) is 59.4 Å². The first-order chi connectivity index (χ1) is 21.5. The van der Waals surface area contributed by atoms with Crippen molar-refractivity contribution in [2.45, 2.75) is 267 Å². The molecule has 0 aromatic rings. The van der Waals surface area contributed by atoms with Crippen LogP contribution in [0, 0.1) is 71.0 Å².